The first-order valence-corrected chi connectivity index (χ1v) is 7.12. The van der Waals surface area contributed by atoms with E-state index in [-0.39, 0.29) is 17.9 Å². The summed E-state index contributed by atoms with van der Waals surface area (Å²) < 4.78 is 0.940. The molecule has 1 heterocycles. The van der Waals surface area contributed by atoms with Crippen LogP contribution in [0.15, 0.2) is 38.6 Å². The molecule has 0 unspecified atom stereocenters. The van der Waals surface area contributed by atoms with E-state index in [1.54, 1.807) is 13.8 Å². The second kappa shape index (κ2) is 6.53. The van der Waals surface area contributed by atoms with Crippen LogP contribution >= 0.6 is 15.9 Å². The number of H-pyrrole nitrogens is 2. The molecule has 2 rings (SSSR count). The first-order valence-electron chi connectivity index (χ1n) is 6.32. The van der Waals surface area contributed by atoms with E-state index >= 15 is 0 Å². The molecule has 0 saturated carbocycles. The standard InChI is InChI=1S/C14H15BrN4O2/c1-8(10-4-3-5-11(15)6-10)16-18-13(20)7-12-9(2)17-19-14(12)21/h3-6H,7H2,1-2H3,(H,18,20)(H2,17,19,21). The molecule has 0 saturated heterocycles. The molecule has 2 aromatic rings. The number of nitrogens with one attached hydrogen (secondary N) is 3. The van der Waals surface area contributed by atoms with Crippen LogP contribution in [0.1, 0.15) is 23.7 Å². The van der Waals surface area contributed by atoms with Gasteiger partial charge in [0.2, 0.25) is 5.91 Å². The number of hydrazone groups is 1. The smallest absolute Gasteiger partial charge is 0.267 e. The Hall–Kier alpha value is -2.15. The topological polar surface area (TPSA) is 90.1 Å². The van der Waals surface area contributed by atoms with Crippen LogP contribution in [0.5, 0.6) is 0 Å². The van der Waals surface area contributed by atoms with Crippen molar-refractivity contribution in [2.45, 2.75) is 20.3 Å². The van der Waals surface area contributed by atoms with Gasteiger partial charge in [-0.25, -0.2) is 5.43 Å². The number of rotatable bonds is 4. The Balaban J connectivity index is 2.03. The lowest BCUT2D eigenvalue weighted by molar-refractivity contribution is -0.120. The molecule has 1 aromatic carbocycles. The zero-order valence-electron chi connectivity index (χ0n) is 11.7. The number of hydrogen-bond acceptors (Lipinski definition) is 3. The van der Waals surface area contributed by atoms with Gasteiger partial charge < -0.3 is 5.10 Å². The fourth-order valence-corrected chi connectivity index (χ4v) is 2.21. The highest BCUT2D eigenvalue weighted by Gasteiger charge is 2.11. The third-order valence-corrected chi connectivity index (χ3v) is 3.51. The minimum absolute atomic E-state index is 0.0140. The molecule has 7 heteroatoms. The summed E-state index contributed by atoms with van der Waals surface area (Å²) in [5.41, 5.74) is 4.84. The van der Waals surface area contributed by atoms with E-state index in [0.717, 1.165) is 10.0 Å². The number of aromatic nitrogens is 2. The maximum Gasteiger partial charge on any atom is 0.267 e. The largest absolute Gasteiger partial charge is 0.302 e. The maximum atomic E-state index is 11.8. The Bertz CT molecular complexity index is 745. The average molecular weight is 351 g/mol. The second-order valence-corrected chi connectivity index (χ2v) is 5.52. The number of halogens is 1. The van der Waals surface area contributed by atoms with Crippen LogP contribution in [-0.4, -0.2) is 21.8 Å². The van der Waals surface area contributed by atoms with Crippen molar-refractivity contribution >= 4 is 27.5 Å². The fraction of sp³-hybridized carbons (Fsp3) is 0.214. The van der Waals surface area contributed by atoms with Gasteiger partial charge in [-0.2, -0.15) is 5.10 Å². The van der Waals surface area contributed by atoms with Crippen molar-refractivity contribution in [2.24, 2.45) is 5.10 Å². The van der Waals surface area contributed by atoms with Gasteiger partial charge >= 0.3 is 0 Å². The van der Waals surface area contributed by atoms with Crippen LogP contribution in [0.25, 0.3) is 0 Å². The van der Waals surface area contributed by atoms with Crippen molar-refractivity contribution in [2.75, 3.05) is 0 Å². The van der Waals surface area contributed by atoms with Crippen molar-refractivity contribution in [3.8, 4) is 0 Å². The highest BCUT2D eigenvalue weighted by atomic mass is 79.9. The van der Waals surface area contributed by atoms with E-state index in [1.807, 2.05) is 24.3 Å². The van der Waals surface area contributed by atoms with Crippen LogP contribution in [0.3, 0.4) is 0 Å². The molecule has 0 fully saturated rings. The van der Waals surface area contributed by atoms with E-state index in [4.69, 9.17) is 0 Å². The van der Waals surface area contributed by atoms with Crippen LogP contribution in [0, 0.1) is 6.92 Å². The summed E-state index contributed by atoms with van der Waals surface area (Å²) in [6.45, 7) is 3.53. The van der Waals surface area contributed by atoms with Crippen LogP contribution in [0.2, 0.25) is 0 Å². The summed E-state index contributed by atoms with van der Waals surface area (Å²) in [7, 11) is 0. The molecule has 1 aromatic heterocycles. The number of benzene rings is 1. The zero-order chi connectivity index (χ0) is 15.4. The van der Waals surface area contributed by atoms with Crippen molar-refractivity contribution < 1.29 is 4.79 Å². The van der Waals surface area contributed by atoms with Gasteiger partial charge in [0.05, 0.1) is 12.1 Å². The third kappa shape index (κ3) is 3.91. The monoisotopic (exact) mass is 350 g/mol. The van der Waals surface area contributed by atoms with Gasteiger partial charge in [-0.15, -0.1) is 0 Å². The van der Waals surface area contributed by atoms with Crippen LogP contribution < -0.4 is 11.0 Å². The molecule has 3 N–H and O–H groups in total. The van der Waals surface area contributed by atoms with Gasteiger partial charge in [-0.05, 0) is 31.5 Å². The first kappa shape index (κ1) is 15.2. The van der Waals surface area contributed by atoms with Crippen LogP contribution in [0.4, 0.5) is 0 Å². The lowest BCUT2D eigenvalue weighted by Gasteiger charge is -2.03. The number of hydrogen-bond donors (Lipinski definition) is 3. The summed E-state index contributed by atoms with van der Waals surface area (Å²) in [6, 6.07) is 7.61. The minimum Gasteiger partial charge on any atom is -0.302 e. The molecule has 0 radical (unpaired) electrons. The molecule has 0 aliphatic carbocycles. The van der Waals surface area contributed by atoms with Gasteiger partial charge in [0.25, 0.3) is 5.56 Å². The Labute approximate surface area is 129 Å². The highest BCUT2D eigenvalue weighted by molar-refractivity contribution is 9.10. The third-order valence-electron chi connectivity index (χ3n) is 3.02. The lowest BCUT2D eigenvalue weighted by Crippen LogP contribution is -2.24. The van der Waals surface area contributed by atoms with E-state index in [0.29, 0.717) is 17.0 Å². The molecule has 1 amide bonds. The summed E-state index contributed by atoms with van der Waals surface area (Å²) in [6.07, 6.45) is -0.0140. The van der Waals surface area contributed by atoms with E-state index in [2.05, 4.69) is 36.7 Å². The van der Waals surface area contributed by atoms with E-state index in [9.17, 15) is 9.59 Å². The van der Waals surface area contributed by atoms with Crippen molar-refractivity contribution in [1.29, 1.82) is 0 Å². The molecule has 0 atom stereocenters. The number of carbonyl (C=O) groups is 1. The van der Waals surface area contributed by atoms with Gasteiger partial charge in [0.15, 0.2) is 0 Å². The van der Waals surface area contributed by atoms with E-state index < -0.39 is 0 Å². The quantitative estimate of drug-likeness (QED) is 0.580. The number of nitrogens with zero attached hydrogens (tertiary/aromatic N) is 1. The van der Waals surface area contributed by atoms with Crippen molar-refractivity contribution in [3.63, 3.8) is 0 Å². The summed E-state index contributed by atoms with van der Waals surface area (Å²) in [5.74, 6) is -0.336. The molecule has 110 valence electrons. The maximum absolute atomic E-state index is 11.8. The summed E-state index contributed by atoms with van der Waals surface area (Å²) >= 11 is 3.38. The molecule has 0 spiro atoms. The molecular weight excluding hydrogens is 336 g/mol. The molecular formula is C14H15BrN4O2. The van der Waals surface area contributed by atoms with Gasteiger partial charge in [-0.1, -0.05) is 28.1 Å². The highest BCUT2D eigenvalue weighted by Crippen LogP contribution is 2.12. The van der Waals surface area contributed by atoms with E-state index in [1.165, 1.54) is 0 Å². The van der Waals surface area contributed by atoms with Gasteiger partial charge in [0.1, 0.15) is 0 Å². The average Bonchev–Trinajstić information content (AvgIpc) is 2.76. The van der Waals surface area contributed by atoms with Crippen molar-refractivity contribution in [3.05, 3.63) is 55.9 Å². The molecule has 21 heavy (non-hydrogen) atoms. The van der Waals surface area contributed by atoms with Gasteiger partial charge in [-0.3, -0.25) is 14.7 Å². The summed E-state index contributed by atoms with van der Waals surface area (Å²) in [4.78, 5) is 23.3. The number of aromatic amines is 2. The normalized spacial score (nSPS) is 11.5. The van der Waals surface area contributed by atoms with Crippen LogP contribution in [-0.2, 0) is 11.2 Å². The predicted octanol–water partition coefficient (Wildman–Crippen LogP) is 1.86. The molecule has 0 bridgehead atoms. The Morgan fingerprint density at radius 1 is 1.38 bits per heavy atom. The predicted molar refractivity (Wildman–Crippen MR) is 84.4 cm³/mol. The lowest BCUT2D eigenvalue weighted by atomic mass is 10.1. The Morgan fingerprint density at radius 2 is 2.14 bits per heavy atom. The SMILES string of the molecule is CC(=NNC(=O)Cc1c(C)[nH][nH]c1=O)c1cccc(Br)c1. The molecule has 0 aliphatic heterocycles. The number of aryl methyl sites for hydroxylation is 1. The van der Waals surface area contributed by atoms with Crippen molar-refractivity contribution in [1.82, 2.24) is 15.6 Å². The molecule has 6 nitrogen and oxygen atoms in total. The zero-order valence-corrected chi connectivity index (χ0v) is 13.2. The fourth-order valence-electron chi connectivity index (χ4n) is 1.81. The number of amides is 1. The van der Waals surface area contributed by atoms with Gasteiger partial charge in [0, 0.05) is 15.7 Å². The minimum atomic E-state index is -0.336. The second-order valence-electron chi connectivity index (χ2n) is 4.60. The Kier molecular flexibility index (Phi) is 4.74. The molecule has 0 aliphatic rings. The first-order chi connectivity index (χ1) is 9.97. The number of carbonyl (C=O) groups excluding carboxylic acids is 1. The summed E-state index contributed by atoms with van der Waals surface area (Å²) in [5, 5.41) is 9.17. The Morgan fingerprint density at radius 3 is 2.76 bits per heavy atom.